The van der Waals surface area contributed by atoms with Gasteiger partial charge in [-0.3, -0.25) is 0 Å². The van der Waals surface area contributed by atoms with Crippen LogP contribution >= 0.6 is 12.4 Å². The van der Waals surface area contributed by atoms with Crippen LogP contribution in [0.1, 0.15) is 6.42 Å². The number of anilines is 1. The predicted molar refractivity (Wildman–Crippen MR) is 73.0 cm³/mol. The molecule has 0 N–H and O–H groups in total. The number of para-hydroxylation sites is 1. The van der Waals surface area contributed by atoms with Gasteiger partial charge in [0.1, 0.15) is 0 Å². The van der Waals surface area contributed by atoms with E-state index < -0.39 is 0 Å². The van der Waals surface area contributed by atoms with Crippen molar-refractivity contribution in [3.05, 3.63) is 30.3 Å². The lowest BCUT2D eigenvalue weighted by Crippen LogP contribution is -2.28. The lowest BCUT2D eigenvalue weighted by Gasteiger charge is -2.22. The Hall–Kier alpha value is -1.35. The SMILES string of the molecule is CN1CCCN(c2ccccc2)CC1.Cl.O=C=O. The van der Waals surface area contributed by atoms with E-state index in [2.05, 4.69) is 47.2 Å². The second-order valence-corrected chi connectivity index (χ2v) is 4.06. The molecular formula is C13H19ClN2O2. The molecule has 1 aromatic carbocycles. The largest absolute Gasteiger partial charge is 0.373 e. The molecular weight excluding hydrogens is 252 g/mol. The Morgan fingerprint density at radius 1 is 1.00 bits per heavy atom. The van der Waals surface area contributed by atoms with Crippen LogP contribution in [0.3, 0.4) is 0 Å². The summed E-state index contributed by atoms with van der Waals surface area (Å²) in [7, 11) is 2.20. The Labute approximate surface area is 114 Å². The Morgan fingerprint density at radius 3 is 2.22 bits per heavy atom. The van der Waals surface area contributed by atoms with Crippen LogP contribution in [0, 0.1) is 0 Å². The van der Waals surface area contributed by atoms with Crippen LogP contribution in [-0.4, -0.2) is 44.3 Å². The Bertz CT molecular complexity index is 353. The minimum Gasteiger partial charge on any atom is -0.370 e. The van der Waals surface area contributed by atoms with E-state index in [1.807, 2.05) is 0 Å². The quantitative estimate of drug-likeness (QED) is 0.778. The summed E-state index contributed by atoms with van der Waals surface area (Å²) in [5.41, 5.74) is 1.36. The number of hydrogen-bond donors (Lipinski definition) is 0. The Morgan fingerprint density at radius 2 is 1.61 bits per heavy atom. The summed E-state index contributed by atoms with van der Waals surface area (Å²) in [6.07, 6.45) is 1.52. The van der Waals surface area contributed by atoms with E-state index in [0.717, 1.165) is 6.54 Å². The van der Waals surface area contributed by atoms with Gasteiger partial charge >= 0.3 is 6.15 Å². The van der Waals surface area contributed by atoms with Crippen LogP contribution in [-0.2, 0) is 9.59 Å². The van der Waals surface area contributed by atoms with Crippen molar-refractivity contribution in [2.24, 2.45) is 0 Å². The van der Waals surface area contributed by atoms with E-state index in [9.17, 15) is 0 Å². The lowest BCUT2D eigenvalue weighted by molar-refractivity contribution is -0.191. The third-order valence-electron chi connectivity index (χ3n) is 2.84. The van der Waals surface area contributed by atoms with Crippen molar-refractivity contribution in [1.82, 2.24) is 4.90 Å². The van der Waals surface area contributed by atoms with Crippen molar-refractivity contribution >= 4 is 24.2 Å². The maximum absolute atomic E-state index is 8.12. The summed E-state index contributed by atoms with van der Waals surface area (Å²) < 4.78 is 0. The van der Waals surface area contributed by atoms with Crippen LogP contribution in [0.15, 0.2) is 30.3 Å². The van der Waals surface area contributed by atoms with Crippen LogP contribution in [0.25, 0.3) is 0 Å². The molecule has 0 aliphatic carbocycles. The highest BCUT2D eigenvalue weighted by Gasteiger charge is 2.11. The molecule has 0 aromatic heterocycles. The highest BCUT2D eigenvalue weighted by Crippen LogP contribution is 2.14. The zero-order chi connectivity index (χ0) is 12.5. The standard InChI is InChI=1S/C12H18N2.CO2.ClH/c1-13-8-5-9-14(11-10-13)12-6-3-2-4-7-12;2-1-3;/h2-4,6-7H,5,8-11H2,1H3;;1H. The topological polar surface area (TPSA) is 40.6 Å². The number of nitrogens with zero attached hydrogens (tertiary/aromatic N) is 2. The Balaban J connectivity index is 0.000000660. The van der Waals surface area contributed by atoms with E-state index in [4.69, 9.17) is 9.59 Å². The number of likely N-dealkylation sites (N-methyl/N-ethyl adjacent to an activating group) is 1. The first-order valence-corrected chi connectivity index (χ1v) is 5.75. The van der Waals surface area contributed by atoms with Gasteiger partial charge in [0.2, 0.25) is 0 Å². The monoisotopic (exact) mass is 270 g/mol. The first kappa shape index (κ1) is 16.6. The molecule has 0 saturated carbocycles. The zero-order valence-electron chi connectivity index (χ0n) is 10.5. The third kappa shape index (κ3) is 5.82. The van der Waals surface area contributed by atoms with E-state index in [0.29, 0.717) is 0 Å². The van der Waals surface area contributed by atoms with Crippen molar-refractivity contribution < 1.29 is 9.59 Å². The normalized spacial score (nSPS) is 15.5. The molecule has 1 heterocycles. The van der Waals surface area contributed by atoms with Crippen molar-refractivity contribution in [2.45, 2.75) is 6.42 Å². The molecule has 18 heavy (non-hydrogen) atoms. The molecule has 2 rings (SSSR count). The highest BCUT2D eigenvalue weighted by molar-refractivity contribution is 5.85. The average Bonchev–Trinajstić information content (AvgIpc) is 2.56. The fraction of sp³-hybridized carbons (Fsp3) is 0.462. The minimum absolute atomic E-state index is 0. The van der Waals surface area contributed by atoms with Crippen molar-refractivity contribution in [3.63, 3.8) is 0 Å². The second kappa shape index (κ2) is 9.66. The maximum atomic E-state index is 8.12. The molecule has 1 aliphatic heterocycles. The summed E-state index contributed by atoms with van der Waals surface area (Å²) in [6.45, 7) is 4.74. The van der Waals surface area contributed by atoms with E-state index in [-0.39, 0.29) is 18.6 Å². The number of carbonyl (C=O) groups excluding carboxylic acids is 2. The lowest BCUT2D eigenvalue weighted by atomic mass is 10.3. The first-order valence-electron chi connectivity index (χ1n) is 5.75. The Kier molecular flexibility index (Phi) is 8.93. The first-order chi connectivity index (χ1) is 8.27. The van der Waals surface area contributed by atoms with Gasteiger partial charge in [0.15, 0.2) is 0 Å². The second-order valence-electron chi connectivity index (χ2n) is 4.06. The van der Waals surface area contributed by atoms with Gasteiger partial charge in [0.25, 0.3) is 0 Å². The highest BCUT2D eigenvalue weighted by atomic mass is 35.5. The fourth-order valence-corrected chi connectivity index (χ4v) is 1.94. The molecule has 4 nitrogen and oxygen atoms in total. The molecule has 0 amide bonds. The van der Waals surface area contributed by atoms with E-state index in [1.54, 1.807) is 0 Å². The van der Waals surface area contributed by atoms with Crippen LogP contribution in [0.2, 0.25) is 0 Å². The summed E-state index contributed by atoms with van der Waals surface area (Å²) in [5, 5.41) is 0. The van der Waals surface area contributed by atoms with Crippen LogP contribution in [0.5, 0.6) is 0 Å². The molecule has 0 unspecified atom stereocenters. The molecule has 0 spiro atoms. The van der Waals surface area contributed by atoms with Crippen LogP contribution in [0.4, 0.5) is 5.69 Å². The van der Waals surface area contributed by atoms with Gasteiger partial charge in [-0.05, 0) is 32.1 Å². The molecule has 0 bridgehead atoms. The third-order valence-corrected chi connectivity index (χ3v) is 2.84. The van der Waals surface area contributed by atoms with E-state index in [1.165, 1.54) is 31.7 Å². The van der Waals surface area contributed by atoms with Gasteiger partial charge in [-0.15, -0.1) is 12.4 Å². The van der Waals surface area contributed by atoms with Gasteiger partial charge in [0, 0.05) is 25.3 Å². The maximum Gasteiger partial charge on any atom is 0.373 e. The van der Waals surface area contributed by atoms with E-state index >= 15 is 0 Å². The zero-order valence-corrected chi connectivity index (χ0v) is 11.4. The molecule has 1 fully saturated rings. The summed E-state index contributed by atoms with van der Waals surface area (Å²) >= 11 is 0. The van der Waals surface area contributed by atoms with Gasteiger partial charge in [-0.2, -0.15) is 9.59 Å². The summed E-state index contributed by atoms with van der Waals surface area (Å²) in [4.78, 5) is 21.1. The number of benzene rings is 1. The number of halogens is 1. The van der Waals surface area contributed by atoms with Gasteiger partial charge < -0.3 is 9.80 Å². The van der Waals surface area contributed by atoms with Gasteiger partial charge in [0.05, 0.1) is 0 Å². The van der Waals surface area contributed by atoms with Crippen LogP contribution < -0.4 is 4.90 Å². The van der Waals surface area contributed by atoms with Crippen molar-refractivity contribution in [3.8, 4) is 0 Å². The molecule has 1 aliphatic rings. The smallest absolute Gasteiger partial charge is 0.370 e. The average molecular weight is 271 g/mol. The number of hydrogen-bond acceptors (Lipinski definition) is 4. The fourth-order valence-electron chi connectivity index (χ4n) is 1.94. The summed E-state index contributed by atoms with van der Waals surface area (Å²) in [6, 6.07) is 10.7. The molecule has 0 radical (unpaired) electrons. The van der Waals surface area contributed by atoms with Crippen molar-refractivity contribution in [2.75, 3.05) is 38.1 Å². The molecule has 1 saturated heterocycles. The predicted octanol–water partition coefficient (Wildman–Crippen LogP) is 1.67. The molecule has 100 valence electrons. The summed E-state index contributed by atoms with van der Waals surface area (Å²) in [5.74, 6) is 0. The molecule has 1 aromatic rings. The van der Waals surface area contributed by atoms with Gasteiger partial charge in [-0.1, -0.05) is 18.2 Å². The van der Waals surface area contributed by atoms with Crippen molar-refractivity contribution in [1.29, 1.82) is 0 Å². The molecule has 0 atom stereocenters. The molecule has 5 heteroatoms. The minimum atomic E-state index is 0. The number of rotatable bonds is 1. The van der Waals surface area contributed by atoms with Gasteiger partial charge in [-0.25, -0.2) is 0 Å².